The van der Waals surface area contributed by atoms with Gasteiger partial charge >= 0.3 is 6.18 Å². The van der Waals surface area contributed by atoms with Crippen molar-refractivity contribution < 1.29 is 27.8 Å². The third-order valence-electron chi connectivity index (χ3n) is 4.05. The van der Waals surface area contributed by atoms with E-state index >= 15 is 0 Å². The molecule has 0 bridgehead atoms. The number of benzene rings is 2. The number of hydrogen-bond acceptors (Lipinski definition) is 4. The van der Waals surface area contributed by atoms with Gasteiger partial charge in [-0.25, -0.2) is 0 Å². The van der Waals surface area contributed by atoms with Crippen molar-refractivity contribution in [1.82, 2.24) is 15.5 Å². The van der Waals surface area contributed by atoms with E-state index in [4.69, 9.17) is 4.74 Å². The zero-order valence-electron chi connectivity index (χ0n) is 15.1. The van der Waals surface area contributed by atoms with E-state index in [2.05, 4.69) is 15.5 Å². The van der Waals surface area contributed by atoms with Gasteiger partial charge in [0.1, 0.15) is 18.5 Å². The number of aliphatic hydroxyl groups excluding tert-OH is 1. The molecule has 6 nitrogen and oxygen atoms in total. The first-order valence-corrected chi connectivity index (χ1v) is 8.69. The Morgan fingerprint density at radius 3 is 2.66 bits per heavy atom. The Morgan fingerprint density at radius 2 is 1.93 bits per heavy atom. The lowest BCUT2D eigenvalue weighted by atomic mass is 10.1. The van der Waals surface area contributed by atoms with Crippen molar-refractivity contribution in [1.29, 1.82) is 0 Å². The van der Waals surface area contributed by atoms with Gasteiger partial charge in [-0.05, 0) is 18.2 Å². The number of ether oxygens (including phenoxy) is 1. The Hall–Kier alpha value is -3.33. The molecule has 29 heavy (non-hydrogen) atoms. The monoisotopic (exact) mass is 405 g/mol. The van der Waals surface area contributed by atoms with Crippen molar-refractivity contribution in [3.8, 4) is 17.0 Å². The van der Waals surface area contributed by atoms with E-state index in [0.717, 1.165) is 17.7 Å². The zero-order chi connectivity index (χ0) is 20.9. The first kappa shape index (κ1) is 20.4. The van der Waals surface area contributed by atoms with Crippen LogP contribution < -0.4 is 10.1 Å². The van der Waals surface area contributed by atoms with E-state index < -0.39 is 23.8 Å². The number of hydrogen-bond donors (Lipinski definition) is 3. The van der Waals surface area contributed by atoms with E-state index in [0.29, 0.717) is 11.3 Å². The third kappa shape index (κ3) is 5.35. The van der Waals surface area contributed by atoms with E-state index in [9.17, 15) is 23.1 Å². The SMILES string of the molecule is O=C(NCC(O)COc1cccc(C(F)(F)F)c1)c1cn[nH]c1-c1ccccc1. The maximum atomic E-state index is 12.7. The van der Waals surface area contributed by atoms with Crippen molar-refractivity contribution in [2.75, 3.05) is 13.2 Å². The molecule has 2 aromatic carbocycles. The van der Waals surface area contributed by atoms with Crippen LogP contribution in [0.5, 0.6) is 5.75 Å². The predicted molar refractivity (Wildman–Crippen MR) is 99.3 cm³/mol. The molecular weight excluding hydrogens is 387 g/mol. The molecule has 0 aliphatic carbocycles. The van der Waals surface area contributed by atoms with Crippen LogP contribution in [0.4, 0.5) is 13.2 Å². The molecule has 9 heteroatoms. The lowest BCUT2D eigenvalue weighted by Crippen LogP contribution is -2.35. The summed E-state index contributed by atoms with van der Waals surface area (Å²) in [4.78, 5) is 12.4. The van der Waals surface area contributed by atoms with Gasteiger partial charge in [0.15, 0.2) is 0 Å². The fourth-order valence-corrected chi connectivity index (χ4v) is 2.60. The number of nitrogens with one attached hydrogen (secondary N) is 2. The Morgan fingerprint density at radius 1 is 1.17 bits per heavy atom. The molecule has 1 unspecified atom stereocenters. The van der Waals surface area contributed by atoms with E-state index in [1.54, 1.807) is 0 Å². The van der Waals surface area contributed by atoms with Gasteiger partial charge in [0.2, 0.25) is 0 Å². The molecule has 152 valence electrons. The molecule has 0 spiro atoms. The average molecular weight is 405 g/mol. The number of alkyl halides is 3. The summed E-state index contributed by atoms with van der Waals surface area (Å²) < 4.78 is 43.3. The van der Waals surface area contributed by atoms with E-state index in [1.165, 1.54) is 18.3 Å². The maximum Gasteiger partial charge on any atom is 0.416 e. The number of nitrogens with zero attached hydrogens (tertiary/aromatic N) is 1. The second-order valence-corrected chi connectivity index (χ2v) is 6.23. The number of carbonyl (C=O) groups excluding carboxylic acids is 1. The zero-order valence-corrected chi connectivity index (χ0v) is 15.1. The Balaban J connectivity index is 1.54. The molecule has 0 fully saturated rings. The highest BCUT2D eigenvalue weighted by Gasteiger charge is 2.30. The van der Waals surface area contributed by atoms with Gasteiger partial charge in [0, 0.05) is 12.1 Å². The highest BCUT2D eigenvalue weighted by molar-refractivity contribution is 5.99. The minimum Gasteiger partial charge on any atom is -0.491 e. The van der Waals surface area contributed by atoms with Crippen LogP contribution in [0.3, 0.4) is 0 Å². The largest absolute Gasteiger partial charge is 0.491 e. The number of rotatable bonds is 7. The van der Waals surface area contributed by atoms with Crippen molar-refractivity contribution in [2.45, 2.75) is 12.3 Å². The Kier molecular flexibility index (Phi) is 6.18. The summed E-state index contributed by atoms with van der Waals surface area (Å²) in [6.07, 6.45) is -4.21. The summed E-state index contributed by atoms with van der Waals surface area (Å²) in [5, 5.41) is 19.2. The standard InChI is InChI=1S/C20H18F3N3O3/c21-20(22,23)14-7-4-8-16(9-14)29-12-15(27)10-24-19(28)17-11-25-26-18(17)13-5-2-1-3-6-13/h1-9,11,15,27H,10,12H2,(H,24,28)(H,25,26). The van der Waals surface area contributed by atoms with Crippen LogP contribution in [-0.4, -0.2) is 40.5 Å². The highest BCUT2D eigenvalue weighted by atomic mass is 19.4. The number of H-pyrrole nitrogens is 1. The number of aromatic amines is 1. The van der Waals surface area contributed by atoms with E-state index in [-0.39, 0.29) is 18.9 Å². The molecule has 3 N–H and O–H groups in total. The summed E-state index contributed by atoms with van der Waals surface area (Å²) in [5.41, 5.74) is 0.787. The predicted octanol–water partition coefficient (Wildman–Crippen LogP) is 3.27. The molecule has 3 rings (SSSR count). The highest BCUT2D eigenvalue weighted by Crippen LogP contribution is 2.31. The van der Waals surface area contributed by atoms with Crippen LogP contribution >= 0.6 is 0 Å². The van der Waals surface area contributed by atoms with Gasteiger partial charge in [-0.2, -0.15) is 18.3 Å². The fourth-order valence-electron chi connectivity index (χ4n) is 2.60. The van der Waals surface area contributed by atoms with Gasteiger partial charge in [-0.1, -0.05) is 36.4 Å². The van der Waals surface area contributed by atoms with Gasteiger partial charge < -0.3 is 15.2 Å². The lowest BCUT2D eigenvalue weighted by Gasteiger charge is -2.14. The molecule has 0 saturated heterocycles. The maximum absolute atomic E-state index is 12.7. The van der Waals surface area contributed by atoms with Crippen molar-refractivity contribution >= 4 is 5.91 Å². The van der Waals surface area contributed by atoms with Gasteiger partial charge in [-0.3, -0.25) is 9.89 Å². The molecule has 1 atom stereocenters. The van der Waals surface area contributed by atoms with Crippen LogP contribution in [-0.2, 0) is 6.18 Å². The number of aromatic nitrogens is 2. The molecule has 0 aliphatic rings. The van der Waals surface area contributed by atoms with Crippen molar-refractivity contribution in [3.05, 3.63) is 71.9 Å². The number of amides is 1. The fraction of sp³-hybridized carbons (Fsp3) is 0.200. The quantitative estimate of drug-likeness (QED) is 0.563. The number of halogens is 3. The van der Waals surface area contributed by atoms with Crippen LogP contribution in [0.15, 0.2) is 60.8 Å². The summed E-state index contributed by atoms with van der Waals surface area (Å²) in [6, 6.07) is 13.5. The van der Waals surface area contributed by atoms with Gasteiger partial charge in [-0.15, -0.1) is 0 Å². The van der Waals surface area contributed by atoms with Crippen LogP contribution in [0, 0.1) is 0 Å². The summed E-state index contributed by atoms with van der Waals surface area (Å²) in [5.74, 6) is -0.470. The topological polar surface area (TPSA) is 87.2 Å². The second-order valence-electron chi connectivity index (χ2n) is 6.23. The second kappa shape index (κ2) is 8.78. The smallest absolute Gasteiger partial charge is 0.416 e. The molecule has 1 heterocycles. The normalized spacial score (nSPS) is 12.4. The van der Waals surface area contributed by atoms with Crippen molar-refractivity contribution in [2.24, 2.45) is 0 Å². The van der Waals surface area contributed by atoms with Crippen LogP contribution in [0.1, 0.15) is 15.9 Å². The first-order valence-electron chi connectivity index (χ1n) is 8.69. The summed E-state index contributed by atoms with van der Waals surface area (Å²) in [7, 11) is 0. The van der Waals surface area contributed by atoms with Gasteiger partial charge in [0.25, 0.3) is 5.91 Å². The minimum absolute atomic E-state index is 0.0219. The molecule has 0 aliphatic heterocycles. The molecular formula is C20H18F3N3O3. The summed E-state index contributed by atoms with van der Waals surface area (Å²) in [6.45, 7) is -0.421. The molecule has 1 aromatic heterocycles. The molecule has 3 aromatic rings. The minimum atomic E-state index is -4.48. The Bertz CT molecular complexity index is 958. The summed E-state index contributed by atoms with van der Waals surface area (Å²) >= 11 is 0. The van der Waals surface area contributed by atoms with Crippen LogP contribution in [0.25, 0.3) is 11.3 Å². The molecule has 0 radical (unpaired) electrons. The molecule has 1 amide bonds. The first-order chi connectivity index (χ1) is 13.8. The van der Waals surface area contributed by atoms with E-state index in [1.807, 2.05) is 30.3 Å². The molecule has 0 saturated carbocycles. The average Bonchev–Trinajstić information content (AvgIpc) is 3.21. The number of carbonyl (C=O) groups is 1. The third-order valence-corrected chi connectivity index (χ3v) is 4.05. The van der Waals surface area contributed by atoms with Crippen LogP contribution in [0.2, 0.25) is 0 Å². The van der Waals surface area contributed by atoms with Gasteiger partial charge in [0.05, 0.1) is 23.0 Å². The van der Waals surface area contributed by atoms with Crippen molar-refractivity contribution in [3.63, 3.8) is 0 Å². The Labute approximate surface area is 164 Å². The number of aliphatic hydroxyl groups is 1. The lowest BCUT2D eigenvalue weighted by molar-refractivity contribution is -0.137.